The van der Waals surface area contributed by atoms with Crippen molar-refractivity contribution in [3.8, 4) is 5.75 Å². The number of benzene rings is 2. The van der Waals surface area contributed by atoms with E-state index in [0.717, 1.165) is 26.7 Å². The molecule has 0 spiro atoms. The minimum Gasteiger partial charge on any atom is -0.488 e. The number of aryl methyl sites for hydroxylation is 1. The summed E-state index contributed by atoms with van der Waals surface area (Å²) in [5, 5.41) is 46.3. The minimum atomic E-state index is -2.47. The highest BCUT2D eigenvalue weighted by atomic mass is 19.1. The maximum absolute atomic E-state index is 15.4. The summed E-state index contributed by atoms with van der Waals surface area (Å²) in [4.78, 5) is 39.1. The molecule has 0 radical (unpaired) electrons. The Morgan fingerprint density at radius 1 is 1.13 bits per heavy atom. The van der Waals surface area contributed by atoms with E-state index in [1.807, 2.05) is 27.7 Å². The first-order valence-electron chi connectivity index (χ1n) is 14.9. The molecule has 46 heavy (non-hydrogen) atoms. The van der Waals surface area contributed by atoms with Gasteiger partial charge in [0.25, 0.3) is 5.91 Å². The number of carbonyl (C=O) groups is 3. The van der Waals surface area contributed by atoms with E-state index in [9.17, 15) is 34.8 Å². The van der Waals surface area contributed by atoms with Crippen LogP contribution in [0.1, 0.15) is 49.9 Å². The Balaban J connectivity index is 1.88. The molecule has 1 aliphatic heterocycles. The third kappa shape index (κ3) is 7.79. The lowest BCUT2D eigenvalue weighted by molar-refractivity contribution is -0.321. The number of likely N-dealkylation sites (N-methyl/N-ethyl adjacent to an activating group) is 1. The van der Waals surface area contributed by atoms with Gasteiger partial charge in [0.2, 0.25) is 12.3 Å². The number of carbonyl (C=O) groups excluding carboxylic acids is 3. The van der Waals surface area contributed by atoms with Crippen LogP contribution >= 0.6 is 0 Å². The van der Waals surface area contributed by atoms with Crippen LogP contribution in [0.5, 0.6) is 5.75 Å². The van der Waals surface area contributed by atoms with Gasteiger partial charge in [-0.1, -0.05) is 24.3 Å². The molecular formula is C31H44B2FN3O9. The van der Waals surface area contributed by atoms with Gasteiger partial charge in [0.1, 0.15) is 43.8 Å². The monoisotopic (exact) mass is 643 g/mol. The number of aliphatic hydroxyl groups is 4. The summed E-state index contributed by atoms with van der Waals surface area (Å²) in [6.45, 7) is 8.89. The fourth-order valence-electron chi connectivity index (χ4n) is 5.87. The fourth-order valence-corrected chi connectivity index (χ4v) is 5.87. The number of amides is 2. The van der Waals surface area contributed by atoms with Crippen LogP contribution in [0.3, 0.4) is 0 Å². The quantitative estimate of drug-likeness (QED) is 0.0997. The van der Waals surface area contributed by atoms with Crippen molar-refractivity contribution in [2.24, 2.45) is 0 Å². The van der Waals surface area contributed by atoms with Crippen molar-refractivity contribution in [3.05, 3.63) is 64.5 Å². The molecule has 1 heterocycles. The molecular weight excluding hydrogens is 599 g/mol. The van der Waals surface area contributed by atoms with Gasteiger partial charge in [-0.3, -0.25) is 9.59 Å². The van der Waals surface area contributed by atoms with Crippen molar-refractivity contribution in [3.63, 3.8) is 0 Å². The lowest BCUT2D eigenvalue weighted by Crippen LogP contribution is -2.70. The first kappa shape index (κ1) is 37.1. The maximum atomic E-state index is 15.4. The molecule has 12 nitrogen and oxygen atoms in total. The Labute approximate surface area is 270 Å². The van der Waals surface area contributed by atoms with Gasteiger partial charge in [-0.05, 0) is 52.3 Å². The zero-order chi connectivity index (χ0) is 34.9. The summed E-state index contributed by atoms with van der Waals surface area (Å²) in [6, 6.07) is 7.13. The van der Waals surface area contributed by atoms with E-state index in [4.69, 9.17) is 9.47 Å². The van der Waals surface area contributed by atoms with Gasteiger partial charge in [0, 0.05) is 36.8 Å². The zero-order valence-corrected chi connectivity index (χ0v) is 27.6. The summed E-state index contributed by atoms with van der Waals surface area (Å²) in [5.74, 6) is -3.81. The van der Waals surface area contributed by atoms with Crippen LogP contribution in [-0.4, -0.2) is 113 Å². The molecule has 2 aromatic carbocycles. The second-order valence-corrected chi connectivity index (χ2v) is 13.5. The van der Waals surface area contributed by atoms with Crippen molar-refractivity contribution in [2.75, 3.05) is 20.1 Å². The first-order chi connectivity index (χ1) is 21.1. The summed E-state index contributed by atoms with van der Waals surface area (Å²) < 4.78 is 27.4. The number of nitrogens with zero attached hydrogens (tertiary/aromatic N) is 2. The lowest BCUT2D eigenvalue weighted by Gasteiger charge is -2.50. The minimum absolute atomic E-state index is 0.0707. The second kappa shape index (κ2) is 13.4. The third-order valence-corrected chi connectivity index (χ3v) is 8.42. The van der Waals surface area contributed by atoms with E-state index < -0.39 is 45.9 Å². The molecule has 2 aromatic rings. The van der Waals surface area contributed by atoms with Crippen LogP contribution in [0.4, 0.5) is 4.39 Å². The highest BCUT2D eigenvalue weighted by molar-refractivity contribution is 6.33. The number of halogens is 1. The Hall–Kier alpha value is -3.33. The van der Waals surface area contributed by atoms with Gasteiger partial charge in [0.05, 0.1) is 23.2 Å². The standard InChI is InChI=1S/C31H44B2FN3O9/c1-19-8-7-9-24(22(19)13-36(18-39)25(26(40)35-6)30(33,42)29(32,41)17-38)45-14-20-10-11-21(12-23(20)34)31(43,44)37-15-27(2,3)46-28(4,5)16-37/h7-12,17-18,25,41-44H,13-16,32-33H2,1-6H3,(H,35,40). The molecule has 0 bridgehead atoms. The van der Waals surface area contributed by atoms with Gasteiger partial charge in [-0.2, -0.15) is 0 Å². The average molecular weight is 643 g/mol. The van der Waals surface area contributed by atoms with Crippen molar-refractivity contribution < 1.29 is 48.7 Å². The van der Waals surface area contributed by atoms with Crippen molar-refractivity contribution in [1.29, 1.82) is 0 Å². The molecule has 2 amide bonds. The van der Waals surface area contributed by atoms with E-state index in [0.29, 0.717) is 17.5 Å². The smallest absolute Gasteiger partial charge is 0.253 e. The van der Waals surface area contributed by atoms with Crippen LogP contribution in [0, 0.1) is 12.7 Å². The van der Waals surface area contributed by atoms with E-state index in [-0.39, 0.29) is 49.4 Å². The average Bonchev–Trinajstić information content (AvgIpc) is 2.95. The zero-order valence-electron chi connectivity index (χ0n) is 27.6. The maximum Gasteiger partial charge on any atom is 0.253 e. The molecule has 1 saturated heterocycles. The second-order valence-electron chi connectivity index (χ2n) is 13.5. The van der Waals surface area contributed by atoms with Crippen molar-refractivity contribution in [2.45, 2.75) is 81.9 Å². The normalized spacial score (nSPS) is 19.6. The Kier molecular flexibility index (Phi) is 10.8. The van der Waals surface area contributed by atoms with E-state index in [1.165, 1.54) is 24.1 Å². The van der Waals surface area contributed by atoms with E-state index >= 15 is 4.39 Å². The predicted molar refractivity (Wildman–Crippen MR) is 171 cm³/mol. The Morgan fingerprint density at radius 3 is 2.26 bits per heavy atom. The molecule has 0 aliphatic carbocycles. The number of nitrogens with one attached hydrogen (secondary N) is 1. The topological polar surface area (TPSA) is 169 Å². The van der Waals surface area contributed by atoms with Crippen molar-refractivity contribution >= 4 is 34.3 Å². The lowest BCUT2D eigenvalue weighted by atomic mass is 9.55. The molecule has 3 unspecified atom stereocenters. The van der Waals surface area contributed by atoms with Gasteiger partial charge < -0.3 is 44.9 Å². The summed E-state index contributed by atoms with van der Waals surface area (Å²) >= 11 is 0. The van der Waals surface area contributed by atoms with E-state index in [1.54, 1.807) is 25.1 Å². The third-order valence-electron chi connectivity index (χ3n) is 8.42. The largest absolute Gasteiger partial charge is 0.488 e. The molecule has 0 saturated carbocycles. The van der Waals surface area contributed by atoms with Gasteiger partial charge >= 0.3 is 0 Å². The van der Waals surface area contributed by atoms with Gasteiger partial charge in [0.15, 0.2) is 7.85 Å². The molecule has 250 valence electrons. The van der Waals surface area contributed by atoms with Gasteiger partial charge in [-0.25, -0.2) is 9.29 Å². The first-order valence-corrected chi connectivity index (χ1v) is 14.9. The highest BCUT2D eigenvalue weighted by Crippen LogP contribution is 2.35. The fraction of sp³-hybridized carbons (Fsp3) is 0.516. The summed E-state index contributed by atoms with van der Waals surface area (Å²) in [6.07, 6.45) is 0.408. The summed E-state index contributed by atoms with van der Waals surface area (Å²) in [5.41, 5.74) is -5.06. The molecule has 15 heteroatoms. The molecule has 1 aliphatic rings. The van der Waals surface area contributed by atoms with Crippen LogP contribution < -0.4 is 10.1 Å². The van der Waals surface area contributed by atoms with Crippen LogP contribution in [0.15, 0.2) is 36.4 Å². The Morgan fingerprint density at radius 2 is 1.74 bits per heavy atom. The van der Waals surface area contributed by atoms with Crippen LogP contribution in [0.2, 0.25) is 0 Å². The van der Waals surface area contributed by atoms with Gasteiger partial charge in [-0.15, -0.1) is 0 Å². The molecule has 3 rings (SSSR count). The molecule has 5 N–H and O–H groups in total. The predicted octanol–water partition coefficient (Wildman–Crippen LogP) is -1.39. The number of hydrogen-bond acceptors (Lipinski definition) is 10. The number of rotatable bonds is 13. The van der Waals surface area contributed by atoms with E-state index in [2.05, 4.69) is 5.32 Å². The molecule has 3 atom stereocenters. The number of ether oxygens (including phenoxy) is 2. The summed E-state index contributed by atoms with van der Waals surface area (Å²) in [7, 11) is 3.39. The van der Waals surface area contributed by atoms with Crippen LogP contribution in [0.25, 0.3) is 0 Å². The SMILES string of the molecule is BC(O)(C=O)C(B)(O)C(C(=O)NC)N(C=O)Cc1c(C)cccc1OCc1ccc(C(O)(O)N2CC(C)(C)OC(C)(C)C2)cc1F. The Bertz CT molecular complexity index is 1440. The molecule has 0 aromatic heterocycles. The van der Waals surface area contributed by atoms with Crippen molar-refractivity contribution in [1.82, 2.24) is 15.1 Å². The van der Waals surface area contributed by atoms with Crippen LogP contribution in [-0.2, 0) is 38.2 Å². The molecule has 1 fully saturated rings. The highest BCUT2D eigenvalue weighted by Gasteiger charge is 2.52. The number of morpholine rings is 1. The number of aldehydes is 1. The number of hydrogen-bond donors (Lipinski definition) is 5.